The Morgan fingerprint density at radius 1 is 1.65 bits per heavy atom. The molecule has 0 spiro atoms. The topological polar surface area (TPSA) is 83.5 Å². The summed E-state index contributed by atoms with van der Waals surface area (Å²) in [6.45, 7) is 1.76. The molecule has 2 N–H and O–H groups in total. The highest BCUT2D eigenvalue weighted by Gasteiger charge is 2.25. The Morgan fingerprint density at radius 2 is 2.29 bits per heavy atom. The van der Waals surface area contributed by atoms with Crippen molar-refractivity contribution in [3.63, 3.8) is 0 Å². The van der Waals surface area contributed by atoms with E-state index in [4.69, 9.17) is 11.5 Å². The average Bonchev–Trinajstić information content (AvgIpc) is 2.64. The summed E-state index contributed by atoms with van der Waals surface area (Å²) in [5.41, 5.74) is 0. The van der Waals surface area contributed by atoms with Crippen LogP contribution < -0.4 is 4.72 Å². The molecule has 5 nitrogen and oxygen atoms in total. The van der Waals surface area contributed by atoms with Gasteiger partial charge in [-0.15, -0.1) is 23.7 Å². The SMILES string of the molecule is C#CCC(NS(=O)(=O)c1ccc(C)s1)C(=O)O. The van der Waals surface area contributed by atoms with E-state index in [2.05, 4.69) is 10.6 Å². The number of carboxylic acid groups (broad SMARTS) is 1. The lowest BCUT2D eigenvalue weighted by molar-refractivity contribution is -0.138. The Hall–Kier alpha value is -1.36. The van der Waals surface area contributed by atoms with Gasteiger partial charge in [-0.2, -0.15) is 4.72 Å². The molecule has 0 bridgehead atoms. The van der Waals surface area contributed by atoms with Crippen LogP contribution in [0.1, 0.15) is 11.3 Å². The van der Waals surface area contributed by atoms with Gasteiger partial charge >= 0.3 is 5.97 Å². The van der Waals surface area contributed by atoms with Crippen LogP contribution in [0, 0.1) is 19.3 Å². The Bertz CT molecular complexity index is 553. The number of rotatable bonds is 5. The van der Waals surface area contributed by atoms with Crippen molar-refractivity contribution in [2.24, 2.45) is 0 Å². The number of thiophene rings is 1. The van der Waals surface area contributed by atoms with Gasteiger partial charge in [0.25, 0.3) is 10.0 Å². The van der Waals surface area contributed by atoms with Crippen molar-refractivity contribution in [1.29, 1.82) is 0 Å². The molecule has 92 valence electrons. The first-order valence-electron chi connectivity index (χ1n) is 4.62. The molecule has 1 unspecified atom stereocenters. The molecular weight excluding hydrogens is 262 g/mol. The molecule has 7 heteroatoms. The fourth-order valence-corrected chi connectivity index (χ4v) is 3.59. The van der Waals surface area contributed by atoms with Crippen LogP contribution in [-0.4, -0.2) is 25.5 Å². The third kappa shape index (κ3) is 3.56. The molecule has 0 radical (unpaired) electrons. The van der Waals surface area contributed by atoms with E-state index in [1.165, 1.54) is 6.07 Å². The van der Waals surface area contributed by atoms with Gasteiger partial charge in [0.1, 0.15) is 10.3 Å². The zero-order chi connectivity index (χ0) is 13.1. The molecule has 1 heterocycles. The molecule has 0 fully saturated rings. The number of sulfonamides is 1. The first-order valence-corrected chi connectivity index (χ1v) is 6.92. The zero-order valence-corrected chi connectivity index (χ0v) is 10.6. The highest BCUT2D eigenvalue weighted by molar-refractivity contribution is 7.91. The Kier molecular flexibility index (Phi) is 4.28. The number of nitrogens with one attached hydrogen (secondary N) is 1. The summed E-state index contributed by atoms with van der Waals surface area (Å²) in [6, 6.07) is 1.78. The van der Waals surface area contributed by atoms with Crippen molar-refractivity contribution in [2.75, 3.05) is 0 Å². The van der Waals surface area contributed by atoms with Crippen molar-refractivity contribution in [1.82, 2.24) is 4.72 Å². The van der Waals surface area contributed by atoms with E-state index in [-0.39, 0.29) is 10.6 Å². The fourth-order valence-electron chi connectivity index (χ4n) is 1.10. The molecule has 0 aliphatic rings. The van der Waals surface area contributed by atoms with Crippen LogP contribution in [0.3, 0.4) is 0 Å². The Balaban J connectivity index is 2.93. The monoisotopic (exact) mass is 273 g/mol. The highest BCUT2D eigenvalue weighted by Crippen LogP contribution is 2.20. The van der Waals surface area contributed by atoms with Crippen LogP contribution in [0.25, 0.3) is 0 Å². The molecule has 1 rings (SSSR count). The lowest BCUT2D eigenvalue weighted by Gasteiger charge is -2.10. The predicted molar refractivity (Wildman–Crippen MR) is 64.3 cm³/mol. The summed E-state index contributed by atoms with van der Waals surface area (Å²) in [5, 5.41) is 8.80. The number of aryl methyl sites for hydroxylation is 1. The van der Waals surface area contributed by atoms with Gasteiger partial charge in [0.05, 0.1) is 0 Å². The van der Waals surface area contributed by atoms with Gasteiger partial charge < -0.3 is 5.11 Å². The molecule has 1 aromatic heterocycles. The highest BCUT2D eigenvalue weighted by atomic mass is 32.2. The predicted octanol–water partition coefficient (Wildman–Crippen LogP) is 0.811. The minimum atomic E-state index is -3.81. The lowest BCUT2D eigenvalue weighted by Crippen LogP contribution is -2.40. The third-order valence-electron chi connectivity index (χ3n) is 1.90. The number of aliphatic carboxylic acids is 1. The van der Waals surface area contributed by atoms with Crippen LogP contribution >= 0.6 is 11.3 Å². The van der Waals surface area contributed by atoms with Crippen LogP contribution in [0.15, 0.2) is 16.3 Å². The molecule has 0 aromatic carbocycles. The number of carbonyl (C=O) groups is 1. The summed E-state index contributed by atoms with van der Waals surface area (Å²) in [7, 11) is -3.81. The van der Waals surface area contributed by atoms with Crippen LogP contribution in [0.2, 0.25) is 0 Å². The molecular formula is C10H11NO4S2. The molecule has 0 amide bonds. The largest absolute Gasteiger partial charge is 0.480 e. The first kappa shape index (κ1) is 13.7. The van der Waals surface area contributed by atoms with E-state index >= 15 is 0 Å². The van der Waals surface area contributed by atoms with Crippen LogP contribution in [0.4, 0.5) is 0 Å². The van der Waals surface area contributed by atoms with Crippen LogP contribution in [0.5, 0.6) is 0 Å². The first-order chi connectivity index (χ1) is 7.86. The molecule has 1 atom stereocenters. The number of hydrogen-bond acceptors (Lipinski definition) is 4. The minimum absolute atomic E-state index is 0.0817. The van der Waals surface area contributed by atoms with Crippen molar-refractivity contribution < 1.29 is 18.3 Å². The van der Waals surface area contributed by atoms with Gasteiger partial charge in [-0.25, -0.2) is 8.42 Å². The molecule has 0 aliphatic carbocycles. The van der Waals surface area contributed by atoms with Gasteiger partial charge in [-0.3, -0.25) is 4.79 Å². The van der Waals surface area contributed by atoms with E-state index in [1.807, 2.05) is 0 Å². The van der Waals surface area contributed by atoms with Crippen molar-refractivity contribution in [3.05, 3.63) is 17.0 Å². The summed E-state index contributed by atoms with van der Waals surface area (Å²) < 4.78 is 25.8. The summed E-state index contributed by atoms with van der Waals surface area (Å²) in [6.07, 6.45) is 4.79. The van der Waals surface area contributed by atoms with Crippen molar-refractivity contribution in [3.8, 4) is 12.3 Å². The average molecular weight is 273 g/mol. The van der Waals surface area contributed by atoms with Crippen molar-refractivity contribution in [2.45, 2.75) is 23.6 Å². The van der Waals surface area contributed by atoms with Gasteiger partial charge in [-0.05, 0) is 19.1 Å². The number of terminal acetylenes is 1. The van der Waals surface area contributed by atoms with Gasteiger partial charge in [0, 0.05) is 11.3 Å². The van der Waals surface area contributed by atoms with E-state index < -0.39 is 22.0 Å². The fraction of sp³-hybridized carbons (Fsp3) is 0.300. The Labute approximate surface area is 104 Å². The quantitative estimate of drug-likeness (QED) is 0.778. The summed E-state index contributed by atoms with van der Waals surface area (Å²) in [4.78, 5) is 11.6. The lowest BCUT2D eigenvalue weighted by atomic mass is 10.2. The second-order valence-electron chi connectivity index (χ2n) is 3.29. The Morgan fingerprint density at radius 3 is 2.71 bits per heavy atom. The molecule has 0 saturated carbocycles. The van der Waals surface area contributed by atoms with Gasteiger partial charge in [-0.1, -0.05) is 0 Å². The molecule has 0 aliphatic heterocycles. The standard InChI is InChI=1S/C10H11NO4S2/c1-3-4-8(10(12)13)11-17(14,15)9-6-5-7(2)16-9/h1,5-6,8,11H,4H2,2H3,(H,12,13). The van der Waals surface area contributed by atoms with Gasteiger partial charge in [0.2, 0.25) is 0 Å². The van der Waals surface area contributed by atoms with Crippen LogP contribution in [-0.2, 0) is 14.8 Å². The molecule has 0 saturated heterocycles. The minimum Gasteiger partial charge on any atom is -0.480 e. The molecule has 17 heavy (non-hydrogen) atoms. The smallest absolute Gasteiger partial charge is 0.322 e. The second kappa shape index (κ2) is 5.31. The number of carboxylic acids is 1. The normalized spacial score (nSPS) is 12.9. The third-order valence-corrected chi connectivity index (χ3v) is 4.86. The van der Waals surface area contributed by atoms with E-state index in [0.29, 0.717) is 0 Å². The zero-order valence-electron chi connectivity index (χ0n) is 9.00. The maximum Gasteiger partial charge on any atom is 0.322 e. The van der Waals surface area contributed by atoms with E-state index in [1.54, 1.807) is 13.0 Å². The van der Waals surface area contributed by atoms with Gasteiger partial charge in [0.15, 0.2) is 0 Å². The van der Waals surface area contributed by atoms with Crippen molar-refractivity contribution >= 4 is 27.3 Å². The molecule has 1 aromatic rings. The maximum atomic E-state index is 11.8. The maximum absolute atomic E-state index is 11.8. The number of hydrogen-bond donors (Lipinski definition) is 2. The van der Waals surface area contributed by atoms with E-state index in [0.717, 1.165) is 16.2 Å². The second-order valence-corrected chi connectivity index (χ2v) is 6.51. The summed E-state index contributed by atoms with van der Waals surface area (Å²) >= 11 is 1.07. The summed E-state index contributed by atoms with van der Waals surface area (Å²) in [5.74, 6) is 0.832. The van der Waals surface area contributed by atoms with E-state index in [9.17, 15) is 13.2 Å².